The third-order valence-corrected chi connectivity index (χ3v) is 3.25. The van der Waals surface area contributed by atoms with Gasteiger partial charge in [0, 0.05) is 9.89 Å². The van der Waals surface area contributed by atoms with E-state index < -0.39 is 11.4 Å². The summed E-state index contributed by atoms with van der Waals surface area (Å²) in [6.07, 6.45) is -0.0165. The first-order valence-corrected chi connectivity index (χ1v) is 5.86. The number of aliphatic carboxylic acids is 1. The molecular formula is C12H15BrO4. The van der Waals surface area contributed by atoms with Gasteiger partial charge in [-0.2, -0.15) is 0 Å². The number of carbonyl (C=O) groups is 1. The Morgan fingerprint density at radius 1 is 1.47 bits per heavy atom. The smallest absolute Gasteiger partial charge is 0.304 e. The molecule has 1 aromatic carbocycles. The molecule has 0 unspecified atom stereocenters. The summed E-state index contributed by atoms with van der Waals surface area (Å²) >= 11 is 3.36. The van der Waals surface area contributed by atoms with Crippen LogP contribution < -0.4 is 4.74 Å². The summed E-state index contributed by atoms with van der Waals surface area (Å²) in [5, 5.41) is 18.6. The zero-order valence-electron chi connectivity index (χ0n) is 9.95. The number of hydrogen-bond acceptors (Lipinski definition) is 3. The molecule has 0 aliphatic heterocycles. The highest BCUT2D eigenvalue weighted by atomic mass is 79.9. The van der Waals surface area contributed by atoms with E-state index >= 15 is 0 Å². The van der Waals surface area contributed by atoms with Gasteiger partial charge >= 0.3 is 5.97 Å². The Kier molecular flexibility index (Phi) is 4.03. The molecule has 17 heavy (non-hydrogen) atoms. The number of ether oxygens (including phenoxy) is 1. The molecule has 0 fully saturated rings. The zero-order chi connectivity index (χ0) is 13.2. The van der Waals surface area contributed by atoms with Crippen LogP contribution in [-0.4, -0.2) is 23.3 Å². The number of phenolic OH excluding ortho intramolecular Hbond substituents is 1. The lowest BCUT2D eigenvalue weighted by atomic mass is 9.81. The van der Waals surface area contributed by atoms with E-state index in [2.05, 4.69) is 15.9 Å². The Balaban J connectivity index is 3.22. The second-order valence-corrected chi connectivity index (χ2v) is 5.31. The van der Waals surface area contributed by atoms with Crippen molar-refractivity contribution in [1.29, 1.82) is 0 Å². The zero-order valence-corrected chi connectivity index (χ0v) is 11.5. The number of halogens is 1. The average molecular weight is 303 g/mol. The Morgan fingerprint density at radius 2 is 2.06 bits per heavy atom. The van der Waals surface area contributed by atoms with E-state index in [0.717, 1.165) is 10.0 Å². The Labute approximate surface area is 108 Å². The van der Waals surface area contributed by atoms with Crippen molar-refractivity contribution in [3.05, 3.63) is 22.2 Å². The summed E-state index contributed by atoms with van der Waals surface area (Å²) in [7, 11) is 1.46. The van der Waals surface area contributed by atoms with Gasteiger partial charge < -0.3 is 14.9 Å². The molecular weight excluding hydrogens is 288 g/mol. The molecule has 1 rings (SSSR count). The number of methoxy groups -OCH3 is 1. The fraction of sp³-hybridized carbons (Fsp3) is 0.417. The van der Waals surface area contributed by atoms with Crippen LogP contribution in [0, 0.1) is 0 Å². The maximum atomic E-state index is 10.8. The summed E-state index contributed by atoms with van der Waals surface area (Å²) < 4.78 is 5.70. The van der Waals surface area contributed by atoms with E-state index in [1.165, 1.54) is 13.2 Å². The van der Waals surface area contributed by atoms with Gasteiger partial charge in [-0.1, -0.05) is 29.8 Å². The van der Waals surface area contributed by atoms with Crippen LogP contribution in [0.15, 0.2) is 16.6 Å². The Hall–Kier alpha value is -1.23. The third kappa shape index (κ3) is 3.12. The van der Waals surface area contributed by atoms with E-state index in [1.807, 2.05) is 13.8 Å². The molecule has 94 valence electrons. The quantitative estimate of drug-likeness (QED) is 0.897. The topological polar surface area (TPSA) is 66.8 Å². The van der Waals surface area contributed by atoms with Crippen LogP contribution in [-0.2, 0) is 10.2 Å². The van der Waals surface area contributed by atoms with E-state index in [4.69, 9.17) is 9.84 Å². The number of hydrogen-bond donors (Lipinski definition) is 2. The van der Waals surface area contributed by atoms with Gasteiger partial charge in [0.25, 0.3) is 0 Å². The predicted octanol–water partition coefficient (Wildman–Crippen LogP) is 2.92. The summed E-state index contributed by atoms with van der Waals surface area (Å²) in [6.45, 7) is 3.63. The molecule has 0 saturated heterocycles. The molecule has 0 amide bonds. The van der Waals surface area contributed by atoms with Crippen molar-refractivity contribution >= 4 is 21.9 Å². The highest BCUT2D eigenvalue weighted by Gasteiger charge is 2.27. The molecule has 0 bridgehead atoms. The van der Waals surface area contributed by atoms with Crippen molar-refractivity contribution in [1.82, 2.24) is 0 Å². The van der Waals surface area contributed by atoms with Crippen LogP contribution >= 0.6 is 15.9 Å². The first-order valence-electron chi connectivity index (χ1n) is 5.06. The second-order valence-electron chi connectivity index (χ2n) is 4.46. The Morgan fingerprint density at radius 3 is 2.53 bits per heavy atom. The monoisotopic (exact) mass is 302 g/mol. The van der Waals surface area contributed by atoms with Crippen molar-refractivity contribution < 1.29 is 19.7 Å². The van der Waals surface area contributed by atoms with Gasteiger partial charge in [0.1, 0.15) is 0 Å². The van der Waals surface area contributed by atoms with Crippen LogP contribution in [0.2, 0.25) is 0 Å². The highest BCUT2D eigenvalue weighted by molar-refractivity contribution is 9.10. The van der Waals surface area contributed by atoms with Crippen LogP contribution in [0.4, 0.5) is 0 Å². The van der Waals surface area contributed by atoms with Crippen molar-refractivity contribution in [2.75, 3.05) is 7.11 Å². The number of benzene rings is 1. The average Bonchev–Trinajstić information content (AvgIpc) is 2.18. The lowest BCUT2D eigenvalue weighted by molar-refractivity contribution is -0.138. The summed E-state index contributed by atoms with van der Waals surface area (Å²) in [5.74, 6) is -0.520. The van der Waals surface area contributed by atoms with Crippen LogP contribution in [0.25, 0.3) is 0 Å². The van der Waals surface area contributed by atoms with Gasteiger partial charge in [0.2, 0.25) is 0 Å². The molecule has 0 aliphatic carbocycles. The molecule has 0 aromatic heterocycles. The number of rotatable bonds is 4. The predicted molar refractivity (Wildman–Crippen MR) is 67.6 cm³/mol. The minimum absolute atomic E-state index is 0.00386. The van der Waals surface area contributed by atoms with Gasteiger partial charge in [-0.3, -0.25) is 4.79 Å². The maximum Gasteiger partial charge on any atom is 0.304 e. The second kappa shape index (κ2) is 4.96. The minimum Gasteiger partial charge on any atom is -0.504 e. The molecule has 0 heterocycles. The third-order valence-electron chi connectivity index (χ3n) is 2.59. The summed E-state index contributed by atoms with van der Waals surface area (Å²) in [6, 6.07) is 3.17. The molecule has 4 nitrogen and oxygen atoms in total. The van der Waals surface area contributed by atoms with Gasteiger partial charge in [0.15, 0.2) is 11.5 Å². The summed E-state index contributed by atoms with van der Waals surface area (Å²) in [5.41, 5.74) is 0.159. The maximum absolute atomic E-state index is 10.8. The van der Waals surface area contributed by atoms with Crippen LogP contribution in [0.3, 0.4) is 0 Å². The first kappa shape index (κ1) is 13.8. The van der Waals surface area contributed by atoms with Gasteiger partial charge in [-0.25, -0.2) is 0 Å². The van der Waals surface area contributed by atoms with Gasteiger partial charge in [0.05, 0.1) is 13.5 Å². The van der Waals surface area contributed by atoms with Crippen molar-refractivity contribution in [3.8, 4) is 11.5 Å². The van der Waals surface area contributed by atoms with Crippen molar-refractivity contribution in [2.24, 2.45) is 0 Å². The fourth-order valence-corrected chi connectivity index (χ4v) is 2.56. The minimum atomic E-state index is -0.878. The van der Waals surface area contributed by atoms with Gasteiger partial charge in [-0.15, -0.1) is 0 Å². The molecule has 0 saturated carbocycles. The molecule has 0 spiro atoms. The van der Waals surface area contributed by atoms with Crippen molar-refractivity contribution in [2.45, 2.75) is 25.7 Å². The molecule has 0 atom stereocenters. The fourth-order valence-electron chi connectivity index (χ4n) is 1.70. The number of carboxylic acid groups (broad SMARTS) is 1. The number of phenols is 1. The molecule has 2 N–H and O–H groups in total. The Bertz CT molecular complexity index is 440. The molecule has 1 aromatic rings. The first-order chi connectivity index (χ1) is 7.77. The van der Waals surface area contributed by atoms with Crippen LogP contribution in [0.5, 0.6) is 11.5 Å². The standard InChI is InChI=1S/C12H15BrO4/c1-12(2,6-11(15)16)7-4-9(14)10(17-3)5-8(7)13/h4-5,14H,6H2,1-3H3,(H,15,16). The number of carboxylic acids is 1. The van der Waals surface area contributed by atoms with E-state index in [9.17, 15) is 9.90 Å². The highest BCUT2D eigenvalue weighted by Crippen LogP contribution is 2.39. The van der Waals surface area contributed by atoms with Crippen LogP contribution in [0.1, 0.15) is 25.8 Å². The lowest BCUT2D eigenvalue weighted by Gasteiger charge is -2.25. The largest absolute Gasteiger partial charge is 0.504 e. The van der Waals surface area contributed by atoms with E-state index in [-0.39, 0.29) is 12.2 Å². The SMILES string of the molecule is COc1cc(Br)c(C(C)(C)CC(=O)O)cc1O. The van der Waals surface area contributed by atoms with Crippen molar-refractivity contribution in [3.63, 3.8) is 0 Å². The molecule has 5 heteroatoms. The summed E-state index contributed by atoms with van der Waals surface area (Å²) in [4.78, 5) is 10.8. The van der Waals surface area contributed by atoms with E-state index in [1.54, 1.807) is 6.07 Å². The lowest BCUT2D eigenvalue weighted by Crippen LogP contribution is -2.22. The van der Waals surface area contributed by atoms with Gasteiger partial charge in [-0.05, 0) is 17.7 Å². The molecule has 0 aliphatic rings. The normalized spacial score (nSPS) is 11.3. The number of aromatic hydroxyl groups is 1. The van der Waals surface area contributed by atoms with E-state index in [0.29, 0.717) is 5.75 Å². The molecule has 0 radical (unpaired) electrons.